The second-order valence-electron chi connectivity index (χ2n) is 7.71. The van der Waals surface area contributed by atoms with Crippen LogP contribution >= 0.6 is 15.9 Å². The van der Waals surface area contributed by atoms with Crippen LogP contribution < -0.4 is 15.8 Å². The summed E-state index contributed by atoms with van der Waals surface area (Å²) >= 11 is 3.38. The maximum Gasteiger partial charge on any atom is 0.238 e. The van der Waals surface area contributed by atoms with E-state index in [1.54, 1.807) is 25.3 Å². The van der Waals surface area contributed by atoms with Crippen molar-refractivity contribution in [2.24, 2.45) is 5.14 Å². The van der Waals surface area contributed by atoms with Gasteiger partial charge in [-0.15, -0.1) is 0 Å². The van der Waals surface area contributed by atoms with Crippen molar-refractivity contribution >= 4 is 43.4 Å². The van der Waals surface area contributed by atoms with Crippen molar-refractivity contribution in [1.82, 2.24) is 9.97 Å². The predicted octanol–water partition coefficient (Wildman–Crippen LogP) is 3.03. The molecule has 0 amide bonds. The number of hydrogen-bond acceptors (Lipinski definition) is 7. The number of aryl methyl sites for hydroxylation is 1. The van der Waals surface area contributed by atoms with Gasteiger partial charge in [0.05, 0.1) is 16.0 Å². The highest BCUT2D eigenvalue weighted by Gasteiger charge is 2.26. The number of aliphatic hydroxyl groups excluding tert-OH is 1. The number of nitrogens with zero attached hydrogens (tertiary/aromatic N) is 2. The molecule has 1 aromatic carbocycles. The van der Waals surface area contributed by atoms with Gasteiger partial charge in [0.15, 0.2) is 0 Å². The zero-order chi connectivity index (χ0) is 21.3. The van der Waals surface area contributed by atoms with E-state index in [1.165, 1.54) is 0 Å². The number of rotatable bonds is 6. The number of anilines is 3. The first-order valence-corrected chi connectivity index (χ1v) is 11.0. The highest BCUT2D eigenvalue weighted by atomic mass is 79.9. The van der Waals surface area contributed by atoms with Crippen molar-refractivity contribution in [3.05, 3.63) is 33.9 Å². The largest absolute Gasteiger partial charge is 0.394 e. The predicted molar refractivity (Wildman–Crippen MR) is 114 cm³/mol. The lowest BCUT2D eigenvalue weighted by molar-refractivity contribution is 0.281. The van der Waals surface area contributed by atoms with Gasteiger partial charge < -0.3 is 15.7 Å². The summed E-state index contributed by atoms with van der Waals surface area (Å²) in [5.74, 6) is 0.867. The summed E-state index contributed by atoms with van der Waals surface area (Å²) < 4.78 is 24.9. The highest BCUT2D eigenvalue weighted by Crippen LogP contribution is 2.34. The van der Waals surface area contributed by atoms with Crippen LogP contribution in [0.5, 0.6) is 0 Å². The van der Waals surface area contributed by atoms with Crippen molar-refractivity contribution in [3.8, 4) is 0 Å². The Morgan fingerprint density at radius 3 is 2.50 bits per heavy atom. The number of hydrogen-bond donors (Lipinski definition) is 4. The van der Waals surface area contributed by atoms with Gasteiger partial charge in [-0.05, 0) is 58.5 Å². The Kier molecular flexibility index (Phi) is 6.70. The summed E-state index contributed by atoms with van der Waals surface area (Å²) in [5.41, 5.74) is 1.37. The smallest absolute Gasteiger partial charge is 0.238 e. The van der Waals surface area contributed by atoms with E-state index in [0.29, 0.717) is 33.1 Å². The molecule has 0 fully saturated rings. The van der Waals surface area contributed by atoms with E-state index in [-0.39, 0.29) is 17.5 Å². The minimum Gasteiger partial charge on any atom is -0.394 e. The van der Waals surface area contributed by atoms with Crippen LogP contribution in [-0.4, -0.2) is 36.1 Å². The molecule has 2 rings (SSSR count). The monoisotopic (exact) mass is 471 g/mol. The molecule has 0 aliphatic heterocycles. The van der Waals surface area contributed by atoms with Crippen LogP contribution in [0.25, 0.3) is 0 Å². The van der Waals surface area contributed by atoms with E-state index >= 15 is 0 Å². The average molecular weight is 472 g/mol. The van der Waals surface area contributed by atoms with Crippen LogP contribution in [0.4, 0.5) is 17.5 Å². The summed E-state index contributed by atoms with van der Waals surface area (Å²) in [6.45, 7) is 9.27. The molecular formula is C18H26BrN5O3S. The van der Waals surface area contributed by atoms with E-state index in [4.69, 9.17) is 5.14 Å². The van der Waals surface area contributed by atoms with Crippen molar-refractivity contribution in [1.29, 1.82) is 0 Å². The number of aromatic nitrogens is 2. The average Bonchev–Trinajstić information content (AvgIpc) is 2.55. The molecule has 28 heavy (non-hydrogen) atoms. The van der Waals surface area contributed by atoms with Crippen LogP contribution in [0.3, 0.4) is 0 Å². The van der Waals surface area contributed by atoms with Crippen LogP contribution in [0.2, 0.25) is 0 Å². The molecule has 8 nitrogen and oxygen atoms in total. The zero-order valence-corrected chi connectivity index (χ0v) is 18.9. The highest BCUT2D eigenvalue weighted by molar-refractivity contribution is 9.10. The number of primary sulfonamides is 1. The molecule has 1 atom stereocenters. The summed E-state index contributed by atoms with van der Waals surface area (Å²) in [6.07, 6.45) is 1.60. The Hall–Kier alpha value is -1.75. The Morgan fingerprint density at radius 1 is 1.32 bits per heavy atom. The van der Waals surface area contributed by atoms with Gasteiger partial charge >= 0.3 is 0 Å². The van der Waals surface area contributed by atoms with E-state index in [2.05, 4.69) is 36.5 Å². The molecule has 0 radical (unpaired) electrons. The Bertz CT molecular complexity index is 974. The van der Waals surface area contributed by atoms with Gasteiger partial charge in [0.25, 0.3) is 0 Å². The van der Waals surface area contributed by atoms with Crippen LogP contribution in [0, 0.1) is 6.92 Å². The normalized spacial score (nSPS) is 13.3. The molecule has 1 aromatic heterocycles. The van der Waals surface area contributed by atoms with Gasteiger partial charge in [0, 0.05) is 17.9 Å². The third-order valence-electron chi connectivity index (χ3n) is 4.02. The van der Waals surface area contributed by atoms with E-state index in [0.717, 1.165) is 0 Å². The quantitative estimate of drug-likeness (QED) is 0.508. The summed E-state index contributed by atoms with van der Waals surface area (Å²) in [7, 11) is -3.86. The van der Waals surface area contributed by atoms with E-state index in [9.17, 15) is 13.5 Å². The molecule has 5 N–H and O–H groups in total. The van der Waals surface area contributed by atoms with Gasteiger partial charge in [-0.2, -0.15) is 4.98 Å². The SMILES string of the molecule is Cc1cc(Nc2ncc(Br)c(N[C@H](C)CO)n2)cc(C(C)(C)C)c1S(N)(=O)=O. The van der Waals surface area contributed by atoms with Crippen molar-refractivity contribution in [2.75, 3.05) is 17.2 Å². The van der Waals surface area contributed by atoms with Crippen molar-refractivity contribution in [3.63, 3.8) is 0 Å². The van der Waals surface area contributed by atoms with Gasteiger partial charge in [0.2, 0.25) is 16.0 Å². The second kappa shape index (κ2) is 8.32. The number of nitrogens with two attached hydrogens (primary N) is 1. The van der Waals surface area contributed by atoms with Gasteiger partial charge in [0.1, 0.15) is 5.82 Å². The topological polar surface area (TPSA) is 130 Å². The molecule has 0 bridgehead atoms. The van der Waals surface area contributed by atoms with Crippen LogP contribution in [0.1, 0.15) is 38.8 Å². The lowest BCUT2D eigenvalue weighted by Crippen LogP contribution is -2.23. The Morgan fingerprint density at radius 2 is 1.96 bits per heavy atom. The molecule has 0 saturated heterocycles. The minimum absolute atomic E-state index is 0.0393. The summed E-state index contributed by atoms with van der Waals surface area (Å²) in [4.78, 5) is 8.80. The molecule has 1 heterocycles. The fourth-order valence-corrected chi connectivity index (χ4v) is 4.20. The van der Waals surface area contributed by atoms with Crippen molar-refractivity contribution < 1.29 is 13.5 Å². The molecular weight excluding hydrogens is 446 g/mol. The fourth-order valence-electron chi connectivity index (χ4n) is 2.72. The second-order valence-corrected chi connectivity index (χ2v) is 10.1. The third kappa shape index (κ3) is 5.40. The molecule has 2 aromatic rings. The van der Waals surface area contributed by atoms with E-state index in [1.807, 2.05) is 27.7 Å². The lowest BCUT2D eigenvalue weighted by atomic mass is 9.85. The zero-order valence-electron chi connectivity index (χ0n) is 16.5. The van der Waals surface area contributed by atoms with Crippen molar-refractivity contribution in [2.45, 2.75) is 51.0 Å². The molecule has 10 heteroatoms. The lowest BCUT2D eigenvalue weighted by Gasteiger charge is -2.24. The van der Waals surface area contributed by atoms with Gasteiger partial charge in [-0.3, -0.25) is 0 Å². The molecule has 0 spiro atoms. The van der Waals surface area contributed by atoms with Gasteiger partial charge in [-0.1, -0.05) is 20.8 Å². The number of nitrogens with one attached hydrogen (secondary N) is 2. The number of benzene rings is 1. The maximum absolute atomic E-state index is 12.1. The summed E-state index contributed by atoms with van der Waals surface area (Å²) in [6, 6.07) is 3.27. The molecule has 0 saturated carbocycles. The fraction of sp³-hybridized carbons (Fsp3) is 0.444. The third-order valence-corrected chi connectivity index (χ3v) is 5.72. The molecule has 0 aliphatic carbocycles. The van der Waals surface area contributed by atoms with Gasteiger partial charge in [-0.25, -0.2) is 18.5 Å². The first kappa shape index (κ1) is 22.5. The van der Waals surface area contributed by atoms with E-state index < -0.39 is 15.4 Å². The minimum atomic E-state index is -3.86. The molecule has 0 aliphatic rings. The number of aliphatic hydroxyl groups is 1. The first-order valence-electron chi connectivity index (χ1n) is 8.68. The molecule has 154 valence electrons. The Labute approximate surface area is 174 Å². The Balaban J connectivity index is 2.48. The molecule has 0 unspecified atom stereocenters. The first-order chi connectivity index (χ1) is 12.8. The van der Waals surface area contributed by atoms with Crippen LogP contribution in [0.15, 0.2) is 27.7 Å². The summed E-state index contributed by atoms with van der Waals surface area (Å²) in [5, 5.41) is 20.9. The standard InChI is InChI=1S/C18H26BrN5O3S/c1-10-6-12(7-13(18(3,4)5)15(10)28(20,26)27)23-17-21-8-14(19)16(24-17)22-11(2)9-25/h6-8,11,25H,9H2,1-5H3,(H2,20,26,27)(H2,21,22,23,24)/t11-/m1/s1. The maximum atomic E-state index is 12.1. The number of halogens is 1. The van der Waals surface area contributed by atoms with Crippen LogP contribution in [-0.2, 0) is 15.4 Å². The number of sulfonamides is 1.